The minimum Gasteiger partial charge on any atom is -0.490 e. The van der Waals surface area contributed by atoms with Gasteiger partial charge in [-0.3, -0.25) is 14.3 Å². The first-order valence-corrected chi connectivity index (χ1v) is 19.6. The Hall–Kier alpha value is -4.27. The second kappa shape index (κ2) is 14.5. The summed E-state index contributed by atoms with van der Waals surface area (Å²) in [6.45, 7) is 21.5. The van der Waals surface area contributed by atoms with Gasteiger partial charge in [-0.2, -0.15) is 5.10 Å². The Morgan fingerprint density at radius 2 is 1.48 bits per heavy atom. The van der Waals surface area contributed by atoms with Gasteiger partial charge in [-0.1, -0.05) is 32.9 Å². The molecule has 2 heterocycles. The summed E-state index contributed by atoms with van der Waals surface area (Å²) in [6.07, 6.45) is -0.494. The molecule has 1 aromatic heterocycles. The summed E-state index contributed by atoms with van der Waals surface area (Å²) in [6, 6.07) is 11.6. The van der Waals surface area contributed by atoms with E-state index in [0.717, 1.165) is 5.39 Å². The fraction of sp³-hybridized carbons (Fsp3) is 0.528. The molecule has 0 aliphatic carbocycles. The highest BCUT2D eigenvalue weighted by molar-refractivity contribution is 6.74. The van der Waals surface area contributed by atoms with Gasteiger partial charge >= 0.3 is 12.1 Å². The van der Waals surface area contributed by atoms with E-state index in [2.05, 4.69) is 39.2 Å². The minimum atomic E-state index is -2.22. The molecule has 0 spiro atoms. The number of aromatic nitrogens is 2. The van der Waals surface area contributed by atoms with E-state index in [1.165, 1.54) is 12.1 Å². The van der Waals surface area contributed by atoms with Crippen LogP contribution in [0.1, 0.15) is 83.0 Å². The number of hydrogen-bond donors (Lipinski definition) is 1. The van der Waals surface area contributed by atoms with E-state index in [0.29, 0.717) is 22.9 Å². The maximum absolute atomic E-state index is 13.2. The monoisotopic (exact) mass is 710 g/mol. The number of esters is 1. The fourth-order valence-electron chi connectivity index (χ4n) is 4.77. The van der Waals surface area contributed by atoms with Gasteiger partial charge in [0, 0.05) is 18.1 Å². The number of rotatable bonds is 12. The summed E-state index contributed by atoms with van der Waals surface area (Å²) in [7, 11) is -2.22. The maximum atomic E-state index is 13.2. The van der Waals surface area contributed by atoms with Crippen LogP contribution in [0.5, 0.6) is 5.75 Å². The molecule has 0 saturated heterocycles. The molecule has 0 fully saturated rings. The van der Waals surface area contributed by atoms with Crippen LogP contribution in [0.4, 0.5) is 4.79 Å². The standard InChI is InChI=1S/C36H50N4O9Si/c1-34(2,3)46-32(43)29(48-40-30(41)26-14-12-13-15-27(26)31(40)42)22-45-24-16-17-28-23(18-24)20-39(38-28)21-25(49-50(10,11)36(7,8)9)19-37-33(44)47-35(4,5)6/h12-18,20,25,29H,19,21-22H2,1-11H3,(H,37,44)/t25-,29+/m1/s1. The van der Waals surface area contributed by atoms with Crippen LogP contribution in [0.15, 0.2) is 48.7 Å². The Morgan fingerprint density at radius 3 is 2.04 bits per heavy atom. The van der Waals surface area contributed by atoms with Gasteiger partial charge in [-0.25, -0.2) is 14.4 Å². The second-order valence-electron chi connectivity index (χ2n) is 15.8. The number of nitrogens with one attached hydrogen (secondary N) is 1. The Labute approximate surface area is 294 Å². The number of carbonyl (C=O) groups is 4. The molecule has 1 aliphatic heterocycles. The third kappa shape index (κ3) is 9.92. The van der Waals surface area contributed by atoms with Crippen molar-refractivity contribution < 1.29 is 42.7 Å². The van der Waals surface area contributed by atoms with Gasteiger partial charge in [0.25, 0.3) is 11.8 Å². The largest absolute Gasteiger partial charge is 0.490 e. The number of nitrogens with zero attached hydrogens (tertiary/aromatic N) is 3. The average Bonchev–Trinajstić information content (AvgIpc) is 3.48. The van der Waals surface area contributed by atoms with Gasteiger partial charge in [0.2, 0.25) is 6.10 Å². The van der Waals surface area contributed by atoms with Crippen molar-refractivity contribution in [3.63, 3.8) is 0 Å². The average molecular weight is 711 g/mol. The first-order valence-electron chi connectivity index (χ1n) is 16.7. The predicted molar refractivity (Wildman–Crippen MR) is 189 cm³/mol. The lowest BCUT2D eigenvalue weighted by atomic mass is 10.1. The lowest BCUT2D eigenvalue weighted by Crippen LogP contribution is -2.48. The van der Waals surface area contributed by atoms with Crippen molar-refractivity contribution in [3.05, 3.63) is 59.8 Å². The molecule has 3 aromatic rings. The molecule has 0 bridgehead atoms. The van der Waals surface area contributed by atoms with E-state index < -0.39 is 49.5 Å². The van der Waals surface area contributed by atoms with E-state index in [1.54, 1.807) is 55.8 Å². The normalized spacial score (nSPS) is 15.1. The summed E-state index contributed by atoms with van der Waals surface area (Å²) in [4.78, 5) is 57.2. The summed E-state index contributed by atoms with van der Waals surface area (Å²) in [5.41, 5.74) is -0.437. The zero-order valence-electron chi connectivity index (χ0n) is 30.9. The van der Waals surface area contributed by atoms with Crippen molar-refractivity contribution in [3.8, 4) is 5.75 Å². The zero-order valence-corrected chi connectivity index (χ0v) is 31.9. The van der Waals surface area contributed by atoms with Gasteiger partial charge in [0.1, 0.15) is 23.6 Å². The highest BCUT2D eigenvalue weighted by Crippen LogP contribution is 2.37. The van der Waals surface area contributed by atoms with Gasteiger partial charge in [0.15, 0.2) is 8.32 Å². The Kier molecular flexibility index (Phi) is 11.2. The molecular weight excluding hydrogens is 661 g/mol. The van der Waals surface area contributed by atoms with E-state index in [-0.39, 0.29) is 35.4 Å². The highest BCUT2D eigenvalue weighted by atomic mass is 28.4. The van der Waals surface area contributed by atoms with E-state index in [9.17, 15) is 19.2 Å². The second-order valence-corrected chi connectivity index (χ2v) is 20.6. The zero-order chi connectivity index (χ0) is 37.2. The first kappa shape index (κ1) is 38.5. The SMILES string of the molecule is CC(C)(C)OC(=O)NC[C@H](Cn1cc2cc(OC[C@H](ON3C(=O)c4ccccc4C3=O)C(=O)OC(C)(C)C)ccc2n1)O[Si](C)(C)C(C)(C)C. The molecule has 14 heteroatoms. The molecule has 1 N–H and O–H groups in total. The number of hydrogen-bond acceptors (Lipinski definition) is 10. The van der Waals surface area contributed by atoms with Crippen LogP contribution in [-0.2, 0) is 30.1 Å². The van der Waals surface area contributed by atoms with Crippen molar-refractivity contribution >= 4 is 43.1 Å². The van der Waals surface area contributed by atoms with Crippen LogP contribution in [0.25, 0.3) is 10.9 Å². The number of carbonyl (C=O) groups excluding carboxylic acids is 4. The molecule has 0 radical (unpaired) electrons. The molecule has 3 amide bonds. The number of ether oxygens (including phenoxy) is 3. The summed E-state index contributed by atoms with van der Waals surface area (Å²) >= 11 is 0. The van der Waals surface area contributed by atoms with E-state index in [1.807, 2.05) is 27.0 Å². The Balaban J connectivity index is 1.50. The number of amides is 3. The third-order valence-electron chi connectivity index (χ3n) is 8.11. The molecule has 50 heavy (non-hydrogen) atoms. The van der Waals surface area contributed by atoms with Crippen molar-refractivity contribution in [2.24, 2.45) is 0 Å². The van der Waals surface area contributed by atoms with Crippen molar-refractivity contribution in [2.45, 2.75) is 110 Å². The van der Waals surface area contributed by atoms with Gasteiger partial charge in [-0.15, -0.1) is 5.06 Å². The van der Waals surface area contributed by atoms with Gasteiger partial charge in [0.05, 0.1) is 29.3 Å². The minimum absolute atomic E-state index is 0.0571. The summed E-state index contributed by atoms with van der Waals surface area (Å²) in [5.74, 6) is -1.75. The summed E-state index contributed by atoms with van der Waals surface area (Å²) in [5, 5.41) is 8.83. The molecule has 2 aromatic carbocycles. The number of fused-ring (bicyclic) bond motifs is 2. The van der Waals surface area contributed by atoms with Crippen molar-refractivity contribution in [1.82, 2.24) is 20.2 Å². The molecular formula is C36H50N4O9Si. The quantitative estimate of drug-likeness (QED) is 0.130. The molecule has 13 nitrogen and oxygen atoms in total. The lowest BCUT2D eigenvalue weighted by Gasteiger charge is -2.39. The number of imide groups is 1. The van der Waals surface area contributed by atoms with Crippen LogP contribution >= 0.6 is 0 Å². The molecule has 2 atom stereocenters. The van der Waals surface area contributed by atoms with Crippen LogP contribution < -0.4 is 10.1 Å². The van der Waals surface area contributed by atoms with Gasteiger partial charge in [-0.05, 0) is 90.0 Å². The van der Waals surface area contributed by atoms with Gasteiger partial charge < -0.3 is 24.0 Å². The smallest absolute Gasteiger partial charge is 0.407 e. The molecule has 0 unspecified atom stereocenters. The molecule has 272 valence electrons. The molecule has 1 aliphatic rings. The topological polar surface area (TPSA) is 148 Å². The summed E-state index contributed by atoms with van der Waals surface area (Å²) < 4.78 is 25.4. The highest BCUT2D eigenvalue weighted by Gasteiger charge is 2.41. The Bertz CT molecular complexity index is 1700. The molecule has 4 rings (SSSR count). The first-order chi connectivity index (χ1) is 23.0. The van der Waals surface area contributed by atoms with Crippen LogP contribution in [0.2, 0.25) is 18.1 Å². The maximum Gasteiger partial charge on any atom is 0.407 e. The number of alkyl carbamates (subject to hydrolysis) is 1. The van der Waals surface area contributed by atoms with Crippen molar-refractivity contribution in [2.75, 3.05) is 13.2 Å². The van der Waals surface area contributed by atoms with Crippen LogP contribution in [-0.4, -0.2) is 83.6 Å². The number of hydroxylamine groups is 2. The van der Waals surface area contributed by atoms with Crippen molar-refractivity contribution in [1.29, 1.82) is 0 Å². The van der Waals surface area contributed by atoms with E-state index in [4.69, 9.17) is 28.6 Å². The number of benzene rings is 2. The van der Waals surface area contributed by atoms with Crippen LogP contribution in [0.3, 0.4) is 0 Å². The lowest BCUT2D eigenvalue weighted by molar-refractivity contribution is -0.193. The third-order valence-corrected chi connectivity index (χ3v) is 12.6. The van der Waals surface area contributed by atoms with Crippen LogP contribution in [0, 0.1) is 0 Å². The fourth-order valence-corrected chi connectivity index (χ4v) is 6.11. The van der Waals surface area contributed by atoms with E-state index >= 15 is 0 Å². The Morgan fingerprint density at radius 1 is 0.880 bits per heavy atom. The molecule has 0 saturated carbocycles. The predicted octanol–water partition coefficient (Wildman–Crippen LogP) is 6.27.